The zero-order valence-electron chi connectivity index (χ0n) is 25.0. The highest BCUT2D eigenvalue weighted by molar-refractivity contribution is 6.07. The van der Waals surface area contributed by atoms with Gasteiger partial charge < -0.3 is 4.90 Å². The van der Waals surface area contributed by atoms with Crippen LogP contribution < -0.4 is 4.90 Å². The Morgan fingerprint density at radius 2 is 1.07 bits per heavy atom. The lowest BCUT2D eigenvalue weighted by atomic mass is 9.80. The van der Waals surface area contributed by atoms with Crippen molar-refractivity contribution in [3.8, 4) is 33.4 Å². The van der Waals surface area contributed by atoms with Crippen molar-refractivity contribution >= 4 is 27.8 Å². The molecule has 7 aromatic carbocycles. The minimum Gasteiger partial charge on any atom is -0.309 e. The number of fused-ring (bicyclic) bond motifs is 5. The Bertz CT molecular complexity index is 2130. The van der Waals surface area contributed by atoms with Gasteiger partial charge >= 0.3 is 0 Å². The standard InChI is InChI=1S/C43H33N/c1-43(2)38-27-26-32(30-16-6-3-7-17-30)28-37(38)41-40(29-33-20-12-13-24-36(33)42(41)43)44(34-21-10-5-11-22-34)39-25-15-14-23-35(39)31-18-8-4-9-19-31/h3-29H,1-2H3. The largest absolute Gasteiger partial charge is 0.309 e. The van der Waals surface area contributed by atoms with Gasteiger partial charge in [-0.1, -0.05) is 147 Å². The molecule has 0 spiro atoms. The van der Waals surface area contributed by atoms with E-state index < -0.39 is 0 Å². The molecule has 0 saturated heterocycles. The van der Waals surface area contributed by atoms with E-state index in [0.29, 0.717) is 0 Å². The van der Waals surface area contributed by atoms with Crippen LogP contribution in [0.15, 0.2) is 164 Å². The lowest BCUT2D eigenvalue weighted by Gasteiger charge is -2.31. The van der Waals surface area contributed by atoms with Gasteiger partial charge in [0.15, 0.2) is 0 Å². The Kier molecular flexibility index (Phi) is 6.20. The van der Waals surface area contributed by atoms with Gasteiger partial charge in [0.1, 0.15) is 0 Å². The maximum absolute atomic E-state index is 2.48. The molecule has 0 aliphatic heterocycles. The van der Waals surface area contributed by atoms with Gasteiger partial charge in [-0.25, -0.2) is 0 Å². The van der Waals surface area contributed by atoms with Crippen molar-refractivity contribution in [2.24, 2.45) is 0 Å². The van der Waals surface area contributed by atoms with Crippen LogP contribution in [-0.4, -0.2) is 0 Å². The molecule has 0 N–H and O–H groups in total. The van der Waals surface area contributed by atoms with Crippen LogP contribution in [0.1, 0.15) is 25.0 Å². The normalized spacial score (nSPS) is 13.0. The molecule has 0 amide bonds. The second-order valence-corrected chi connectivity index (χ2v) is 12.2. The smallest absolute Gasteiger partial charge is 0.0549 e. The van der Waals surface area contributed by atoms with E-state index in [-0.39, 0.29) is 5.41 Å². The van der Waals surface area contributed by atoms with Crippen molar-refractivity contribution in [1.29, 1.82) is 0 Å². The van der Waals surface area contributed by atoms with Gasteiger partial charge in [0.25, 0.3) is 0 Å². The van der Waals surface area contributed by atoms with Crippen LogP contribution in [0, 0.1) is 0 Å². The molecule has 0 unspecified atom stereocenters. The first-order valence-electron chi connectivity index (χ1n) is 15.4. The van der Waals surface area contributed by atoms with Crippen LogP contribution in [0.25, 0.3) is 44.2 Å². The molecule has 7 aromatic rings. The monoisotopic (exact) mass is 563 g/mol. The van der Waals surface area contributed by atoms with E-state index in [1.54, 1.807) is 0 Å². The van der Waals surface area contributed by atoms with Crippen molar-refractivity contribution in [1.82, 2.24) is 0 Å². The Balaban J connectivity index is 1.49. The van der Waals surface area contributed by atoms with Gasteiger partial charge in [0.2, 0.25) is 0 Å². The molecule has 1 heteroatoms. The number of para-hydroxylation sites is 2. The molecule has 0 radical (unpaired) electrons. The molecule has 0 bridgehead atoms. The van der Waals surface area contributed by atoms with Gasteiger partial charge in [0, 0.05) is 22.2 Å². The fourth-order valence-corrected chi connectivity index (χ4v) is 7.19. The van der Waals surface area contributed by atoms with Crippen LogP contribution >= 0.6 is 0 Å². The maximum Gasteiger partial charge on any atom is 0.0549 e. The van der Waals surface area contributed by atoms with Gasteiger partial charge in [-0.3, -0.25) is 0 Å². The summed E-state index contributed by atoms with van der Waals surface area (Å²) in [7, 11) is 0. The lowest BCUT2D eigenvalue weighted by Crippen LogP contribution is -2.17. The summed E-state index contributed by atoms with van der Waals surface area (Å²) in [6.45, 7) is 4.78. The van der Waals surface area contributed by atoms with Crippen molar-refractivity contribution in [3.63, 3.8) is 0 Å². The summed E-state index contributed by atoms with van der Waals surface area (Å²) in [5.41, 5.74) is 13.6. The van der Waals surface area contributed by atoms with E-state index in [1.165, 1.54) is 61.0 Å². The fraction of sp³-hybridized carbons (Fsp3) is 0.0698. The zero-order valence-corrected chi connectivity index (χ0v) is 25.0. The molecule has 1 aliphatic rings. The third-order valence-electron chi connectivity index (χ3n) is 9.21. The number of rotatable bonds is 5. The first-order valence-corrected chi connectivity index (χ1v) is 15.4. The highest BCUT2D eigenvalue weighted by atomic mass is 15.1. The summed E-state index contributed by atoms with van der Waals surface area (Å²) in [6.07, 6.45) is 0. The van der Waals surface area contributed by atoms with Crippen molar-refractivity contribution in [2.45, 2.75) is 19.3 Å². The molecule has 8 rings (SSSR count). The topological polar surface area (TPSA) is 3.24 Å². The second kappa shape index (κ2) is 10.4. The summed E-state index contributed by atoms with van der Waals surface area (Å²) in [5.74, 6) is 0. The average molecular weight is 564 g/mol. The number of hydrogen-bond acceptors (Lipinski definition) is 1. The van der Waals surface area contributed by atoms with E-state index in [2.05, 4.69) is 183 Å². The van der Waals surface area contributed by atoms with Crippen LogP contribution in [0.2, 0.25) is 0 Å². The van der Waals surface area contributed by atoms with E-state index >= 15 is 0 Å². The van der Waals surface area contributed by atoms with Crippen LogP contribution in [0.5, 0.6) is 0 Å². The van der Waals surface area contributed by atoms with E-state index in [4.69, 9.17) is 0 Å². The average Bonchev–Trinajstić information content (AvgIpc) is 3.33. The van der Waals surface area contributed by atoms with Crippen LogP contribution in [-0.2, 0) is 5.41 Å². The molecule has 0 fully saturated rings. The van der Waals surface area contributed by atoms with Gasteiger partial charge in [-0.2, -0.15) is 0 Å². The summed E-state index contributed by atoms with van der Waals surface area (Å²) >= 11 is 0. The molecule has 0 aromatic heterocycles. The van der Waals surface area contributed by atoms with E-state index in [1.807, 2.05) is 0 Å². The highest BCUT2D eigenvalue weighted by Crippen LogP contribution is 2.57. The highest BCUT2D eigenvalue weighted by Gasteiger charge is 2.40. The summed E-state index contributed by atoms with van der Waals surface area (Å²) in [6, 6.07) is 59.5. The van der Waals surface area contributed by atoms with E-state index in [9.17, 15) is 0 Å². The molecule has 210 valence electrons. The van der Waals surface area contributed by atoms with Crippen molar-refractivity contribution < 1.29 is 0 Å². The third-order valence-corrected chi connectivity index (χ3v) is 9.21. The fourth-order valence-electron chi connectivity index (χ4n) is 7.19. The quantitative estimate of drug-likeness (QED) is 0.201. The third kappa shape index (κ3) is 4.16. The maximum atomic E-state index is 2.48. The minimum atomic E-state index is -0.170. The molecular formula is C43H33N. The second-order valence-electron chi connectivity index (χ2n) is 12.2. The minimum absolute atomic E-state index is 0.170. The van der Waals surface area contributed by atoms with E-state index in [0.717, 1.165) is 11.4 Å². The molecular weight excluding hydrogens is 530 g/mol. The predicted molar refractivity (Wildman–Crippen MR) is 187 cm³/mol. The molecule has 1 nitrogen and oxygen atoms in total. The lowest BCUT2D eigenvalue weighted by molar-refractivity contribution is 0.666. The number of anilines is 3. The number of hydrogen-bond donors (Lipinski definition) is 0. The van der Waals surface area contributed by atoms with Crippen LogP contribution in [0.3, 0.4) is 0 Å². The summed E-state index contributed by atoms with van der Waals surface area (Å²) < 4.78 is 0. The van der Waals surface area contributed by atoms with Gasteiger partial charge in [0.05, 0.1) is 11.4 Å². The SMILES string of the molecule is CC1(C)c2ccc(-c3ccccc3)cc2-c2c(N(c3ccccc3)c3ccccc3-c3ccccc3)cc3ccccc3c21. The molecule has 0 heterocycles. The van der Waals surface area contributed by atoms with Gasteiger partial charge in [-0.05, 0) is 74.5 Å². The predicted octanol–water partition coefficient (Wildman–Crippen LogP) is 11.9. The first-order chi connectivity index (χ1) is 21.6. The molecule has 44 heavy (non-hydrogen) atoms. The molecule has 0 atom stereocenters. The van der Waals surface area contributed by atoms with Crippen molar-refractivity contribution in [3.05, 3.63) is 175 Å². The molecule has 0 saturated carbocycles. The Labute approximate surface area is 259 Å². The summed E-state index contributed by atoms with van der Waals surface area (Å²) in [5, 5.41) is 2.57. The molecule has 1 aliphatic carbocycles. The van der Waals surface area contributed by atoms with Gasteiger partial charge in [-0.15, -0.1) is 0 Å². The Morgan fingerprint density at radius 3 is 1.82 bits per heavy atom. The zero-order chi connectivity index (χ0) is 29.7. The number of benzene rings is 7. The Morgan fingerprint density at radius 1 is 0.455 bits per heavy atom. The summed E-state index contributed by atoms with van der Waals surface area (Å²) in [4.78, 5) is 2.48. The van der Waals surface area contributed by atoms with Crippen LogP contribution in [0.4, 0.5) is 17.1 Å². The Hall–Kier alpha value is -5.40. The number of nitrogens with zero attached hydrogens (tertiary/aromatic N) is 1. The van der Waals surface area contributed by atoms with Crippen molar-refractivity contribution in [2.75, 3.05) is 4.90 Å². The first kappa shape index (κ1) is 26.2.